The first-order valence-corrected chi connectivity index (χ1v) is 14.6. The standard InChI is InChI=1S/C34H31N5O5/c1-21-27-17-23(7-9-29(27)39(36-21)26-6-4-5-24(15-26)33(42)43-3)32(41)38-13-11-34(12-14-38)18-30(40)28-16-22(8-10-31(28)44-34)25-19-35-37(2)20-25/h4-10,15-17,19-20H,11-14,18H2,1-3H3. The van der Waals surface area contributed by atoms with Gasteiger partial charge >= 0.3 is 5.97 Å². The number of aryl methyl sites for hydroxylation is 2. The van der Waals surface area contributed by atoms with Crippen LogP contribution in [-0.2, 0) is 11.8 Å². The second kappa shape index (κ2) is 10.5. The summed E-state index contributed by atoms with van der Waals surface area (Å²) >= 11 is 0. The highest BCUT2D eigenvalue weighted by Crippen LogP contribution is 2.41. The van der Waals surface area contributed by atoms with Crippen molar-refractivity contribution in [2.24, 2.45) is 7.05 Å². The molecule has 2 aliphatic heterocycles. The number of fused-ring (bicyclic) bond motifs is 2. The van der Waals surface area contributed by atoms with Gasteiger partial charge in [0.25, 0.3) is 5.91 Å². The molecule has 5 aromatic rings. The molecule has 222 valence electrons. The van der Waals surface area contributed by atoms with Gasteiger partial charge in [0.1, 0.15) is 11.4 Å². The number of methoxy groups -OCH3 is 1. The lowest BCUT2D eigenvalue weighted by Gasteiger charge is -2.44. The Labute approximate surface area is 253 Å². The number of Topliss-reactive ketones (excluding diaryl/α,β-unsaturated/α-hetero) is 1. The zero-order valence-corrected chi connectivity index (χ0v) is 24.7. The minimum absolute atomic E-state index is 0.0619. The molecule has 44 heavy (non-hydrogen) atoms. The highest BCUT2D eigenvalue weighted by Gasteiger charge is 2.44. The topological polar surface area (TPSA) is 109 Å². The predicted molar refractivity (Wildman–Crippen MR) is 163 cm³/mol. The van der Waals surface area contributed by atoms with Gasteiger partial charge < -0.3 is 14.4 Å². The number of nitrogens with zero attached hydrogens (tertiary/aromatic N) is 5. The number of carbonyl (C=O) groups is 3. The Hall–Kier alpha value is -5.25. The number of hydrogen-bond donors (Lipinski definition) is 0. The van der Waals surface area contributed by atoms with Crippen molar-refractivity contribution in [1.82, 2.24) is 24.5 Å². The number of benzene rings is 3. The third kappa shape index (κ3) is 4.72. The van der Waals surface area contributed by atoms with Crippen molar-refractivity contribution in [2.75, 3.05) is 20.2 Å². The number of aromatic nitrogens is 4. The van der Waals surface area contributed by atoms with E-state index < -0.39 is 11.6 Å². The van der Waals surface area contributed by atoms with E-state index in [9.17, 15) is 14.4 Å². The van der Waals surface area contributed by atoms with Crippen LogP contribution in [0.3, 0.4) is 0 Å². The third-order valence-electron chi connectivity index (χ3n) is 8.71. The molecule has 2 aromatic heterocycles. The number of ether oxygens (including phenoxy) is 2. The second-order valence-corrected chi connectivity index (χ2v) is 11.6. The molecule has 10 heteroatoms. The van der Waals surface area contributed by atoms with Crippen LogP contribution in [-0.4, -0.2) is 67.9 Å². The largest absolute Gasteiger partial charge is 0.486 e. The number of esters is 1. The summed E-state index contributed by atoms with van der Waals surface area (Å²) in [6.07, 6.45) is 5.13. The summed E-state index contributed by atoms with van der Waals surface area (Å²) in [5, 5.41) is 9.78. The summed E-state index contributed by atoms with van der Waals surface area (Å²) in [6.45, 7) is 2.88. The molecule has 3 aromatic carbocycles. The maximum Gasteiger partial charge on any atom is 0.337 e. The van der Waals surface area contributed by atoms with Gasteiger partial charge in [0.2, 0.25) is 0 Å². The Bertz CT molecular complexity index is 1960. The van der Waals surface area contributed by atoms with Crippen LogP contribution in [0.25, 0.3) is 27.7 Å². The van der Waals surface area contributed by atoms with Gasteiger partial charge in [-0.15, -0.1) is 0 Å². The lowest BCUT2D eigenvalue weighted by Crippen LogP contribution is -2.52. The van der Waals surface area contributed by atoms with E-state index in [0.29, 0.717) is 54.8 Å². The molecule has 0 aliphatic carbocycles. The van der Waals surface area contributed by atoms with Gasteiger partial charge in [-0.05, 0) is 61.0 Å². The van der Waals surface area contributed by atoms with Crippen molar-refractivity contribution in [3.63, 3.8) is 0 Å². The van der Waals surface area contributed by atoms with E-state index >= 15 is 0 Å². The molecular formula is C34H31N5O5. The van der Waals surface area contributed by atoms with E-state index in [4.69, 9.17) is 14.6 Å². The number of ketones is 1. The number of hydrogen-bond acceptors (Lipinski definition) is 7. The fraction of sp³-hybridized carbons (Fsp3) is 0.265. The fourth-order valence-corrected chi connectivity index (χ4v) is 6.30. The quantitative estimate of drug-likeness (QED) is 0.267. The van der Waals surface area contributed by atoms with Gasteiger partial charge in [0, 0.05) is 55.7 Å². The second-order valence-electron chi connectivity index (χ2n) is 11.6. The van der Waals surface area contributed by atoms with Gasteiger partial charge in [-0.25, -0.2) is 9.48 Å². The minimum Gasteiger partial charge on any atom is -0.486 e. The highest BCUT2D eigenvalue weighted by molar-refractivity contribution is 6.02. The zero-order valence-electron chi connectivity index (χ0n) is 24.7. The van der Waals surface area contributed by atoms with E-state index in [1.54, 1.807) is 33.8 Å². The summed E-state index contributed by atoms with van der Waals surface area (Å²) in [6, 6.07) is 18.4. The molecule has 10 nitrogen and oxygen atoms in total. The molecule has 0 unspecified atom stereocenters. The maximum absolute atomic E-state index is 13.6. The molecule has 0 saturated carbocycles. The van der Waals surface area contributed by atoms with Crippen LogP contribution in [0.15, 0.2) is 73.1 Å². The van der Waals surface area contributed by atoms with Crippen molar-refractivity contribution >= 4 is 28.6 Å². The first-order valence-electron chi connectivity index (χ1n) is 14.6. The molecule has 2 aliphatic rings. The molecule has 1 amide bonds. The Morgan fingerprint density at radius 3 is 2.55 bits per heavy atom. The minimum atomic E-state index is -0.614. The number of rotatable bonds is 4. The van der Waals surface area contributed by atoms with Gasteiger partial charge in [-0.2, -0.15) is 10.2 Å². The van der Waals surface area contributed by atoms with E-state index in [1.807, 2.05) is 67.5 Å². The SMILES string of the molecule is COC(=O)c1cccc(-n2nc(C)c3cc(C(=O)N4CCC5(CC4)CC(=O)c4cc(-c6cnn(C)c6)ccc4O5)ccc32)c1. The van der Waals surface area contributed by atoms with Crippen LogP contribution in [0, 0.1) is 6.92 Å². The Morgan fingerprint density at radius 1 is 0.977 bits per heavy atom. The molecule has 0 radical (unpaired) electrons. The van der Waals surface area contributed by atoms with Crippen molar-refractivity contribution in [3.05, 3.63) is 95.4 Å². The van der Waals surface area contributed by atoms with Crippen LogP contribution in [0.1, 0.15) is 56.0 Å². The average molecular weight is 590 g/mol. The van der Waals surface area contributed by atoms with Crippen LogP contribution in [0.2, 0.25) is 0 Å². The number of piperidine rings is 1. The Balaban J connectivity index is 1.07. The summed E-state index contributed by atoms with van der Waals surface area (Å²) in [5.74, 6) is 0.180. The van der Waals surface area contributed by atoms with E-state index in [1.165, 1.54) is 7.11 Å². The van der Waals surface area contributed by atoms with Crippen molar-refractivity contribution in [2.45, 2.75) is 31.8 Å². The third-order valence-corrected chi connectivity index (χ3v) is 8.71. The van der Waals surface area contributed by atoms with Crippen LogP contribution in [0.4, 0.5) is 0 Å². The monoisotopic (exact) mass is 589 g/mol. The van der Waals surface area contributed by atoms with Gasteiger partial charge in [0.15, 0.2) is 5.78 Å². The molecule has 0 bridgehead atoms. The normalized spacial score (nSPS) is 15.7. The summed E-state index contributed by atoms with van der Waals surface area (Å²) < 4.78 is 14.9. The molecular weight excluding hydrogens is 558 g/mol. The lowest BCUT2D eigenvalue weighted by molar-refractivity contribution is -0.00570. The van der Waals surface area contributed by atoms with Gasteiger partial charge in [0.05, 0.1) is 47.8 Å². The first-order chi connectivity index (χ1) is 21.2. The van der Waals surface area contributed by atoms with Crippen molar-refractivity contribution in [3.8, 4) is 22.6 Å². The Kier molecular flexibility index (Phi) is 6.57. The Morgan fingerprint density at radius 2 is 1.80 bits per heavy atom. The molecule has 1 saturated heterocycles. The number of likely N-dealkylation sites (tertiary alicyclic amines) is 1. The van der Waals surface area contributed by atoms with Crippen LogP contribution >= 0.6 is 0 Å². The predicted octanol–water partition coefficient (Wildman–Crippen LogP) is 5.16. The highest BCUT2D eigenvalue weighted by atomic mass is 16.5. The van der Waals surface area contributed by atoms with E-state index in [2.05, 4.69) is 5.10 Å². The maximum atomic E-state index is 13.6. The molecule has 4 heterocycles. The van der Waals surface area contributed by atoms with Gasteiger partial charge in [-0.1, -0.05) is 12.1 Å². The number of amides is 1. The summed E-state index contributed by atoms with van der Waals surface area (Å²) in [4.78, 5) is 40.8. The van der Waals surface area contributed by atoms with Crippen molar-refractivity contribution in [1.29, 1.82) is 0 Å². The number of carbonyl (C=O) groups excluding carboxylic acids is 3. The van der Waals surface area contributed by atoms with E-state index in [-0.39, 0.29) is 11.7 Å². The molecule has 1 fully saturated rings. The molecule has 1 spiro atoms. The average Bonchev–Trinajstić information content (AvgIpc) is 3.63. The lowest BCUT2D eigenvalue weighted by atomic mass is 9.82. The molecule has 0 N–H and O–H groups in total. The summed E-state index contributed by atoms with van der Waals surface area (Å²) in [7, 11) is 3.21. The smallest absolute Gasteiger partial charge is 0.337 e. The summed E-state index contributed by atoms with van der Waals surface area (Å²) in [5.41, 5.74) is 5.20. The first kappa shape index (κ1) is 27.6. The van der Waals surface area contributed by atoms with Crippen LogP contribution in [0.5, 0.6) is 5.75 Å². The molecule has 0 atom stereocenters. The van der Waals surface area contributed by atoms with Crippen molar-refractivity contribution < 1.29 is 23.9 Å². The fourth-order valence-electron chi connectivity index (χ4n) is 6.30. The zero-order chi connectivity index (χ0) is 30.6. The van der Waals surface area contributed by atoms with Crippen LogP contribution < -0.4 is 4.74 Å². The van der Waals surface area contributed by atoms with E-state index in [0.717, 1.165) is 33.4 Å². The molecule has 7 rings (SSSR count). The van der Waals surface area contributed by atoms with Gasteiger partial charge in [-0.3, -0.25) is 14.3 Å².